The van der Waals surface area contributed by atoms with Crippen LogP contribution in [0.4, 0.5) is 0 Å². The van der Waals surface area contributed by atoms with E-state index in [1.165, 1.54) is 0 Å². The van der Waals surface area contributed by atoms with Gasteiger partial charge in [-0.2, -0.15) is 0 Å². The van der Waals surface area contributed by atoms with Gasteiger partial charge in [0.1, 0.15) is 18.6 Å². The normalized spacial score (nSPS) is 10.5. The molecule has 3 rings (SSSR count). The lowest BCUT2D eigenvalue weighted by Crippen LogP contribution is -1.99. The molecule has 0 aliphatic rings. The number of benzene rings is 2. The second-order valence-corrected chi connectivity index (χ2v) is 4.92. The molecule has 0 saturated heterocycles. The SMILES string of the molecule is Cc1cc(COc2cccc(C=O)c2)c2ccccc2n1. The van der Waals surface area contributed by atoms with E-state index in [1.807, 2.05) is 49.4 Å². The Morgan fingerprint density at radius 3 is 2.81 bits per heavy atom. The Bertz CT molecular complexity index is 796. The Kier molecular flexibility index (Phi) is 3.65. The molecule has 0 saturated carbocycles. The summed E-state index contributed by atoms with van der Waals surface area (Å²) in [6, 6.07) is 17.2. The van der Waals surface area contributed by atoms with Crippen LogP contribution in [0.15, 0.2) is 54.6 Å². The van der Waals surface area contributed by atoms with E-state index in [4.69, 9.17) is 4.74 Å². The highest BCUT2D eigenvalue weighted by atomic mass is 16.5. The number of ether oxygens (including phenoxy) is 1. The molecule has 0 amide bonds. The van der Waals surface area contributed by atoms with Gasteiger partial charge < -0.3 is 4.74 Å². The highest BCUT2D eigenvalue weighted by Crippen LogP contribution is 2.21. The number of rotatable bonds is 4. The first-order valence-corrected chi connectivity index (χ1v) is 6.79. The van der Waals surface area contributed by atoms with Crippen molar-refractivity contribution in [2.45, 2.75) is 13.5 Å². The summed E-state index contributed by atoms with van der Waals surface area (Å²) in [6.45, 7) is 2.43. The van der Waals surface area contributed by atoms with E-state index >= 15 is 0 Å². The lowest BCUT2D eigenvalue weighted by atomic mass is 10.1. The van der Waals surface area contributed by atoms with Gasteiger partial charge in [-0.05, 0) is 31.2 Å². The molecule has 104 valence electrons. The maximum Gasteiger partial charge on any atom is 0.150 e. The second-order valence-electron chi connectivity index (χ2n) is 4.92. The predicted molar refractivity (Wildman–Crippen MR) is 82.6 cm³/mol. The van der Waals surface area contributed by atoms with Crippen LogP contribution in [-0.4, -0.2) is 11.3 Å². The largest absolute Gasteiger partial charge is 0.489 e. The standard InChI is InChI=1S/C18H15NO2/c1-13-9-15(17-7-2-3-8-18(17)19-13)12-21-16-6-4-5-14(10-16)11-20/h2-11H,12H2,1H3. The van der Waals surface area contributed by atoms with Crippen molar-refractivity contribution in [3.63, 3.8) is 0 Å². The van der Waals surface area contributed by atoms with Crippen molar-refractivity contribution in [1.29, 1.82) is 0 Å². The number of carbonyl (C=O) groups excluding carboxylic acids is 1. The Labute approximate surface area is 123 Å². The summed E-state index contributed by atoms with van der Waals surface area (Å²) in [7, 11) is 0. The van der Waals surface area contributed by atoms with Crippen molar-refractivity contribution in [2.24, 2.45) is 0 Å². The minimum atomic E-state index is 0.451. The molecule has 0 bridgehead atoms. The van der Waals surface area contributed by atoms with Crippen LogP contribution in [0.1, 0.15) is 21.6 Å². The molecular formula is C18H15NO2. The van der Waals surface area contributed by atoms with Gasteiger partial charge in [0.2, 0.25) is 0 Å². The lowest BCUT2D eigenvalue weighted by molar-refractivity contribution is 0.112. The zero-order chi connectivity index (χ0) is 14.7. The quantitative estimate of drug-likeness (QED) is 0.678. The molecule has 3 nitrogen and oxygen atoms in total. The molecule has 1 heterocycles. The highest BCUT2D eigenvalue weighted by molar-refractivity contribution is 5.82. The molecule has 0 atom stereocenters. The molecule has 21 heavy (non-hydrogen) atoms. The number of aryl methyl sites for hydroxylation is 1. The molecule has 1 aromatic heterocycles. The third kappa shape index (κ3) is 2.92. The number of fused-ring (bicyclic) bond motifs is 1. The summed E-state index contributed by atoms with van der Waals surface area (Å²) in [5.74, 6) is 0.693. The van der Waals surface area contributed by atoms with Crippen molar-refractivity contribution >= 4 is 17.2 Å². The average molecular weight is 277 g/mol. The second kappa shape index (κ2) is 5.75. The predicted octanol–water partition coefficient (Wildman–Crippen LogP) is 3.93. The third-order valence-corrected chi connectivity index (χ3v) is 3.32. The molecule has 3 heteroatoms. The lowest BCUT2D eigenvalue weighted by Gasteiger charge is -2.10. The van der Waals surface area contributed by atoms with Gasteiger partial charge >= 0.3 is 0 Å². The minimum Gasteiger partial charge on any atom is -0.489 e. The number of pyridine rings is 1. The molecule has 0 aliphatic heterocycles. The summed E-state index contributed by atoms with van der Waals surface area (Å²) in [4.78, 5) is 15.3. The number of nitrogens with zero attached hydrogens (tertiary/aromatic N) is 1. The Hall–Kier alpha value is -2.68. The summed E-state index contributed by atoms with van der Waals surface area (Å²) < 4.78 is 5.81. The third-order valence-electron chi connectivity index (χ3n) is 3.32. The van der Waals surface area contributed by atoms with Crippen LogP contribution in [0.2, 0.25) is 0 Å². The molecule has 0 spiro atoms. The van der Waals surface area contributed by atoms with E-state index in [1.54, 1.807) is 12.1 Å². The van der Waals surface area contributed by atoms with Crippen molar-refractivity contribution in [3.8, 4) is 5.75 Å². The Morgan fingerprint density at radius 1 is 1.10 bits per heavy atom. The van der Waals surface area contributed by atoms with Crippen LogP contribution >= 0.6 is 0 Å². The zero-order valence-corrected chi connectivity index (χ0v) is 11.7. The van der Waals surface area contributed by atoms with Crippen molar-refractivity contribution in [1.82, 2.24) is 4.98 Å². The van der Waals surface area contributed by atoms with Crippen LogP contribution in [-0.2, 0) is 6.61 Å². The Balaban J connectivity index is 1.89. The number of carbonyl (C=O) groups is 1. The Morgan fingerprint density at radius 2 is 1.95 bits per heavy atom. The van der Waals surface area contributed by atoms with Crippen LogP contribution < -0.4 is 4.74 Å². The number of aromatic nitrogens is 1. The van der Waals surface area contributed by atoms with E-state index in [0.29, 0.717) is 17.9 Å². The number of hydrogen-bond donors (Lipinski definition) is 0. The molecule has 0 unspecified atom stereocenters. The first kappa shape index (κ1) is 13.3. The average Bonchev–Trinajstić information content (AvgIpc) is 2.52. The van der Waals surface area contributed by atoms with Gasteiger partial charge in [0, 0.05) is 22.2 Å². The van der Waals surface area contributed by atoms with Gasteiger partial charge in [0.25, 0.3) is 0 Å². The summed E-state index contributed by atoms with van der Waals surface area (Å²) >= 11 is 0. The van der Waals surface area contributed by atoms with Gasteiger partial charge in [0.05, 0.1) is 5.52 Å². The number of para-hydroxylation sites is 1. The smallest absolute Gasteiger partial charge is 0.150 e. The fraction of sp³-hybridized carbons (Fsp3) is 0.111. The van der Waals surface area contributed by atoms with Crippen molar-refractivity contribution in [3.05, 3.63) is 71.4 Å². The molecule has 0 radical (unpaired) electrons. The minimum absolute atomic E-state index is 0.451. The topological polar surface area (TPSA) is 39.2 Å². The molecule has 3 aromatic rings. The van der Waals surface area contributed by atoms with Crippen LogP contribution in [0.5, 0.6) is 5.75 Å². The summed E-state index contributed by atoms with van der Waals surface area (Å²) in [5.41, 5.74) is 3.64. The molecule has 0 N–H and O–H groups in total. The fourth-order valence-corrected chi connectivity index (χ4v) is 2.35. The van der Waals surface area contributed by atoms with Crippen LogP contribution in [0.3, 0.4) is 0 Å². The van der Waals surface area contributed by atoms with E-state index in [-0.39, 0.29) is 0 Å². The number of hydrogen-bond acceptors (Lipinski definition) is 3. The van der Waals surface area contributed by atoms with Gasteiger partial charge in [-0.1, -0.05) is 30.3 Å². The summed E-state index contributed by atoms with van der Waals surface area (Å²) in [5, 5.41) is 1.09. The molecular weight excluding hydrogens is 262 g/mol. The van der Waals surface area contributed by atoms with Crippen LogP contribution in [0.25, 0.3) is 10.9 Å². The van der Waals surface area contributed by atoms with Gasteiger partial charge in [-0.3, -0.25) is 9.78 Å². The molecule has 0 aliphatic carbocycles. The summed E-state index contributed by atoms with van der Waals surface area (Å²) in [6.07, 6.45) is 0.818. The van der Waals surface area contributed by atoms with Crippen molar-refractivity contribution < 1.29 is 9.53 Å². The first-order valence-electron chi connectivity index (χ1n) is 6.79. The van der Waals surface area contributed by atoms with E-state index in [9.17, 15) is 4.79 Å². The van der Waals surface area contributed by atoms with Crippen molar-refractivity contribution in [2.75, 3.05) is 0 Å². The maximum atomic E-state index is 10.8. The van der Waals surface area contributed by atoms with Gasteiger partial charge in [-0.15, -0.1) is 0 Å². The van der Waals surface area contributed by atoms with Gasteiger partial charge in [-0.25, -0.2) is 0 Å². The van der Waals surface area contributed by atoms with E-state index in [2.05, 4.69) is 4.98 Å². The fourth-order valence-electron chi connectivity index (χ4n) is 2.35. The van der Waals surface area contributed by atoms with Gasteiger partial charge in [0.15, 0.2) is 0 Å². The maximum absolute atomic E-state index is 10.8. The molecule has 2 aromatic carbocycles. The van der Waals surface area contributed by atoms with E-state index < -0.39 is 0 Å². The highest BCUT2D eigenvalue weighted by Gasteiger charge is 2.05. The van der Waals surface area contributed by atoms with Crippen LogP contribution in [0, 0.1) is 6.92 Å². The zero-order valence-electron chi connectivity index (χ0n) is 11.7. The monoisotopic (exact) mass is 277 g/mol. The molecule has 0 fully saturated rings. The number of aldehydes is 1. The first-order chi connectivity index (χ1) is 10.3. The van der Waals surface area contributed by atoms with E-state index in [0.717, 1.165) is 28.4 Å².